The Morgan fingerprint density at radius 3 is 1.65 bits per heavy atom. The molecule has 2 aromatic heterocycles. The van der Waals surface area contributed by atoms with Crippen molar-refractivity contribution in [3.63, 3.8) is 0 Å². The Morgan fingerprint density at radius 1 is 0.800 bits per heavy atom. The fraction of sp³-hybridized carbons (Fsp3) is 0.222. The van der Waals surface area contributed by atoms with Gasteiger partial charge in [-0.25, -0.2) is 0 Å². The van der Waals surface area contributed by atoms with Gasteiger partial charge in [-0.2, -0.15) is 0 Å². The fourth-order valence-corrected chi connectivity index (χ4v) is 2.08. The molecule has 0 saturated heterocycles. The van der Waals surface area contributed by atoms with E-state index in [4.69, 9.17) is 0 Å². The Bertz CT molecular complexity index is 534. The summed E-state index contributed by atoms with van der Waals surface area (Å²) >= 11 is 0. The molecule has 2 heterocycles. The summed E-state index contributed by atoms with van der Waals surface area (Å²) in [5.41, 5.74) is 4.42. The van der Waals surface area contributed by atoms with Gasteiger partial charge in [0.05, 0.1) is 11.4 Å². The van der Waals surface area contributed by atoms with Gasteiger partial charge in [-0.15, -0.1) is 13.2 Å². The van der Waals surface area contributed by atoms with Gasteiger partial charge in [0.1, 0.15) is 0 Å². The van der Waals surface area contributed by atoms with Crippen LogP contribution in [0.4, 0.5) is 0 Å². The van der Waals surface area contributed by atoms with Gasteiger partial charge in [0.2, 0.25) is 0 Å². The zero-order chi connectivity index (χ0) is 14.2. The third-order valence-electron chi connectivity index (χ3n) is 3.19. The zero-order valence-corrected chi connectivity index (χ0v) is 11.8. The summed E-state index contributed by atoms with van der Waals surface area (Å²) in [4.78, 5) is 8.86. The van der Waals surface area contributed by atoms with Crippen molar-refractivity contribution < 1.29 is 0 Å². The number of hydrogen-bond acceptors (Lipinski definition) is 2. The molecular weight excluding hydrogens is 244 g/mol. The van der Waals surface area contributed by atoms with Gasteiger partial charge >= 0.3 is 0 Å². The second-order valence-electron chi connectivity index (χ2n) is 4.75. The molecule has 0 spiro atoms. The summed E-state index contributed by atoms with van der Waals surface area (Å²) in [5, 5.41) is 0. The van der Waals surface area contributed by atoms with Gasteiger partial charge in [-0.05, 0) is 61.1 Å². The van der Waals surface area contributed by atoms with E-state index in [9.17, 15) is 0 Å². The Labute approximate surface area is 120 Å². The van der Waals surface area contributed by atoms with Crippen LogP contribution in [0.5, 0.6) is 0 Å². The van der Waals surface area contributed by atoms with Gasteiger partial charge in [0.15, 0.2) is 0 Å². The predicted octanol–water partition coefficient (Wildman–Crippen LogP) is 4.38. The highest BCUT2D eigenvalue weighted by Crippen LogP contribution is 2.18. The minimum atomic E-state index is 0.937. The largest absolute Gasteiger partial charge is 0.255 e. The van der Waals surface area contributed by atoms with E-state index in [0.29, 0.717) is 0 Å². The standard InChI is InChI=1S/C18H20N2/c1-3-5-7-15-9-11-19-17(13-15)18-14-16(8-6-4-2)10-12-20-18/h3-4,9-14H,1-2,5-8H2. The van der Waals surface area contributed by atoms with E-state index in [1.165, 1.54) is 11.1 Å². The number of nitrogens with zero attached hydrogens (tertiary/aromatic N) is 2. The first-order valence-electron chi connectivity index (χ1n) is 6.95. The molecule has 2 heteroatoms. The van der Waals surface area contributed by atoms with Crippen LogP contribution in [0.2, 0.25) is 0 Å². The summed E-state index contributed by atoms with van der Waals surface area (Å²) < 4.78 is 0. The maximum atomic E-state index is 4.43. The molecule has 0 unspecified atom stereocenters. The molecule has 0 N–H and O–H groups in total. The summed E-state index contributed by atoms with van der Waals surface area (Å²) in [6.45, 7) is 7.52. The maximum absolute atomic E-state index is 4.43. The molecule has 0 fully saturated rings. The van der Waals surface area contributed by atoms with Crippen LogP contribution in [0.3, 0.4) is 0 Å². The molecule has 0 aliphatic rings. The lowest BCUT2D eigenvalue weighted by Crippen LogP contribution is -1.92. The number of aryl methyl sites for hydroxylation is 2. The number of allylic oxidation sites excluding steroid dienone is 2. The minimum absolute atomic E-state index is 0.937. The van der Waals surface area contributed by atoms with Crippen LogP contribution in [0, 0.1) is 0 Å². The fourth-order valence-electron chi connectivity index (χ4n) is 2.08. The normalized spacial score (nSPS) is 10.2. The molecule has 0 bridgehead atoms. The van der Waals surface area contributed by atoms with Crippen LogP contribution in [0.15, 0.2) is 62.0 Å². The molecule has 20 heavy (non-hydrogen) atoms. The number of hydrogen-bond donors (Lipinski definition) is 0. The Morgan fingerprint density at radius 2 is 1.25 bits per heavy atom. The van der Waals surface area contributed by atoms with Gasteiger partial charge < -0.3 is 0 Å². The van der Waals surface area contributed by atoms with Crippen LogP contribution in [-0.4, -0.2) is 9.97 Å². The quantitative estimate of drug-likeness (QED) is 0.693. The summed E-state index contributed by atoms with van der Waals surface area (Å²) in [6, 6.07) is 8.33. The van der Waals surface area contributed by atoms with Gasteiger partial charge in [0.25, 0.3) is 0 Å². The van der Waals surface area contributed by atoms with Crippen molar-refractivity contribution in [3.8, 4) is 11.4 Å². The van der Waals surface area contributed by atoms with E-state index >= 15 is 0 Å². The lowest BCUT2D eigenvalue weighted by atomic mass is 10.1. The van der Waals surface area contributed by atoms with Crippen molar-refractivity contribution in [3.05, 3.63) is 73.1 Å². The zero-order valence-electron chi connectivity index (χ0n) is 11.8. The van der Waals surface area contributed by atoms with Crippen molar-refractivity contribution >= 4 is 0 Å². The number of rotatable bonds is 7. The van der Waals surface area contributed by atoms with E-state index in [2.05, 4.69) is 47.4 Å². The van der Waals surface area contributed by atoms with Crippen LogP contribution >= 0.6 is 0 Å². The lowest BCUT2D eigenvalue weighted by Gasteiger charge is -2.05. The van der Waals surface area contributed by atoms with Gasteiger partial charge in [-0.3, -0.25) is 9.97 Å². The van der Waals surface area contributed by atoms with Crippen molar-refractivity contribution in [2.75, 3.05) is 0 Å². The van der Waals surface area contributed by atoms with Crippen LogP contribution in [0.25, 0.3) is 11.4 Å². The molecular formula is C18H20N2. The summed E-state index contributed by atoms with van der Waals surface area (Å²) in [5.74, 6) is 0. The smallest absolute Gasteiger partial charge is 0.0888 e. The molecule has 0 aromatic carbocycles. The third kappa shape index (κ3) is 3.89. The Kier molecular flexibility index (Phi) is 5.24. The van der Waals surface area contributed by atoms with E-state index < -0.39 is 0 Å². The lowest BCUT2D eigenvalue weighted by molar-refractivity contribution is 0.990. The number of aromatic nitrogens is 2. The first-order chi connectivity index (χ1) is 9.83. The summed E-state index contributed by atoms with van der Waals surface area (Å²) in [7, 11) is 0. The molecule has 0 radical (unpaired) electrons. The van der Waals surface area contributed by atoms with Crippen LogP contribution < -0.4 is 0 Å². The first kappa shape index (κ1) is 14.2. The molecule has 2 rings (SSSR count). The Hall–Kier alpha value is -2.22. The average Bonchev–Trinajstić information content (AvgIpc) is 2.51. The van der Waals surface area contributed by atoms with Crippen molar-refractivity contribution in [1.82, 2.24) is 9.97 Å². The van der Waals surface area contributed by atoms with Gasteiger partial charge in [-0.1, -0.05) is 12.2 Å². The van der Waals surface area contributed by atoms with Crippen LogP contribution in [0.1, 0.15) is 24.0 Å². The summed E-state index contributed by atoms with van der Waals surface area (Å²) in [6.07, 6.45) is 11.5. The number of pyridine rings is 2. The predicted molar refractivity (Wildman–Crippen MR) is 84.5 cm³/mol. The molecule has 2 nitrogen and oxygen atoms in total. The van der Waals surface area contributed by atoms with E-state index in [1.807, 2.05) is 24.5 Å². The van der Waals surface area contributed by atoms with Crippen molar-refractivity contribution in [2.45, 2.75) is 25.7 Å². The van der Waals surface area contributed by atoms with E-state index in [-0.39, 0.29) is 0 Å². The first-order valence-corrected chi connectivity index (χ1v) is 6.95. The molecule has 0 aliphatic carbocycles. The molecule has 2 aromatic rings. The molecule has 0 aliphatic heterocycles. The van der Waals surface area contributed by atoms with Gasteiger partial charge in [0, 0.05) is 12.4 Å². The second-order valence-corrected chi connectivity index (χ2v) is 4.75. The van der Waals surface area contributed by atoms with E-state index in [0.717, 1.165) is 37.1 Å². The van der Waals surface area contributed by atoms with Crippen LogP contribution in [-0.2, 0) is 12.8 Å². The second kappa shape index (κ2) is 7.39. The van der Waals surface area contributed by atoms with Crippen molar-refractivity contribution in [1.29, 1.82) is 0 Å². The minimum Gasteiger partial charge on any atom is -0.255 e. The molecule has 0 atom stereocenters. The SMILES string of the molecule is C=CCCc1ccnc(-c2cc(CCC=C)ccn2)c1. The monoisotopic (exact) mass is 264 g/mol. The molecule has 0 amide bonds. The van der Waals surface area contributed by atoms with Crippen molar-refractivity contribution in [2.24, 2.45) is 0 Å². The highest BCUT2D eigenvalue weighted by atomic mass is 14.8. The topological polar surface area (TPSA) is 25.8 Å². The van der Waals surface area contributed by atoms with E-state index in [1.54, 1.807) is 0 Å². The molecule has 102 valence electrons. The maximum Gasteiger partial charge on any atom is 0.0888 e. The average molecular weight is 264 g/mol. The Balaban J connectivity index is 2.21. The highest BCUT2D eigenvalue weighted by Gasteiger charge is 2.03. The third-order valence-corrected chi connectivity index (χ3v) is 3.19. The molecule has 0 saturated carbocycles. The highest BCUT2D eigenvalue weighted by molar-refractivity contribution is 5.55.